The number of ketones is 1. The molecular weight excluding hydrogens is 348 g/mol. The average molecular weight is 374 g/mol. The first kappa shape index (κ1) is 19.7. The number of aromatic hydroxyl groups is 1. The predicted octanol–water partition coefficient (Wildman–Crippen LogP) is 6.20. The van der Waals surface area contributed by atoms with E-state index in [0.29, 0.717) is 11.3 Å². The van der Waals surface area contributed by atoms with Crippen molar-refractivity contribution in [3.05, 3.63) is 83.0 Å². The molecule has 3 heteroatoms. The van der Waals surface area contributed by atoms with E-state index in [1.54, 1.807) is 18.2 Å². The minimum Gasteiger partial charge on any atom is -0.506 e. The predicted molar refractivity (Wildman–Crippen MR) is 115 cm³/mol. The second-order valence-corrected chi connectivity index (χ2v) is 7.55. The van der Waals surface area contributed by atoms with Gasteiger partial charge in [-0.15, -0.1) is 0 Å². The zero-order valence-corrected chi connectivity index (χ0v) is 16.6. The van der Waals surface area contributed by atoms with E-state index in [1.807, 2.05) is 49.4 Å². The molecule has 1 aliphatic heterocycles. The van der Waals surface area contributed by atoms with Gasteiger partial charge < -0.3 is 9.84 Å². The van der Waals surface area contributed by atoms with Crippen molar-refractivity contribution in [1.29, 1.82) is 0 Å². The van der Waals surface area contributed by atoms with Gasteiger partial charge in [0, 0.05) is 0 Å². The molecule has 0 spiro atoms. The molecule has 0 saturated heterocycles. The number of hydrogen-bond donors (Lipinski definition) is 1. The molecule has 1 N–H and O–H groups in total. The molecule has 0 unspecified atom stereocenters. The lowest BCUT2D eigenvalue weighted by Crippen LogP contribution is -2.31. The van der Waals surface area contributed by atoms with Crippen molar-refractivity contribution >= 4 is 17.9 Å². The Bertz CT molecular complexity index is 947. The molecule has 2 aromatic rings. The van der Waals surface area contributed by atoms with Crippen LogP contribution in [0.5, 0.6) is 11.5 Å². The number of benzene rings is 2. The third-order valence-electron chi connectivity index (χ3n) is 4.81. The number of carbonyl (C=O) groups is 1. The minimum absolute atomic E-state index is 0.0391. The van der Waals surface area contributed by atoms with E-state index in [0.717, 1.165) is 18.4 Å². The summed E-state index contributed by atoms with van der Waals surface area (Å²) in [6.45, 7) is 6.19. The SMILES string of the molecule is CC(C)=CCC[C@@]1(C)C=Cc2c(ccc(C(=O)/C=C/c3ccccc3)c2O)O1. The van der Waals surface area contributed by atoms with Gasteiger partial charge in [0.15, 0.2) is 5.78 Å². The van der Waals surface area contributed by atoms with Crippen LogP contribution in [-0.2, 0) is 0 Å². The molecule has 0 aromatic heterocycles. The molecular formula is C25H26O3. The Morgan fingerprint density at radius 2 is 1.89 bits per heavy atom. The topological polar surface area (TPSA) is 46.5 Å². The normalized spacial score (nSPS) is 17.8. The Labute approximate surface area is 166 Å². The highest BCUT2D eigenvalue weighted by Crippen LogP contribution is 2.40. The summed E-state index contributed by atoms with van der Waals surface area (Å²) in [4.78, 5) is 12.5. The van der Waals surface area contributed by atoms with Gasteiger partial charge in [-0.25, -0.2) is 0 Å². The number of rotatable bonds is 6. The summed E-state index contributed by atoms with van der Waals surface area (Å²) in [6.07, 6.45) is 11.0. The first-order valence-corrected chi connectivity index (χ1v) is 9.53. The molecule has 3 rings (SSSR count). The highest BCUT2D eigenvalue weighted by atomic mass is 16.5. The van der Waals surface area contributed by atoms with Crippen LogP contribution in [0.3, 0.4) is 0 Å². The van der Waals surface area contributed by atoms with Crippen molar-refractivity contribution in [2.45, 2.75) is 39.2 Å². The van der Waals surface area contributed by atoms with Crippen molar-refractivity contribution in [1.82, 2.24) is 0 Å². The lowest BCUT2D eigenvalue weighted by molar-refractivity contribution is 0.104. The molecule has 28 heavy (non-hydrogen) atoms. The summed E-state index contributed by atoms with van der Waals surface area (Å²) in [6, 6.07) is 13.0. The lowest BCUT2D eigenvalue weighted by Gasteiger charge is -2.32. The average Bonchev–Trinajstić information content (AvgIpc) is 2.66. The fraction of sp³-hybridized carbons (Fsp3) is 0.240. The van der Waals surface area contributed by atoms with Gasteiger partial charge in [-0.05, 0) is 69.5 Å². The first-order valence-electron chi connectivity index (χ1n) is 9.53. The van der Waals surface area contributed by atoms with Crippen LogP contribution in [0.2, 0.25) is 0 Å². The molecule has 1 atom stereocenters. The van der Waals surface area contributed by atoms with Crippen molar-refractivity contribution in [2.24, 2.45) is 0 Å². The van der Waals surface area contributed by atoms with E-state index in [4.69, 9.17) is 4.74 Å². The summed E-state index contributed by atoms with van der Waals surface area (Å²) in [5.41, 5.74) is 2.62. The molecule has 2 aromatic carbocycles. The summed E-state index contributed by atoms with van der Waals surface area (Å²) in [7, 11) is 0. The Hall–Kier alpha value is -3.07. The molecule has 0 saturated carbocycles. The van der Waals surface area contributed by atoms with Gasteiger partial charge in [-0.2, -0.15) is 0 Å². The Balaban J connectivity index is 1.79. The molecule has 1 heterocycles. The smallest absolute Gasteiger partial charge is 0.189 e. The van der Waals surface area contributed by atoms with Crippen LogP contribution >= 0.6 is 0 Å². The van der Waals surface area contributed by atoms with Crippen LogP contribution in [0.25, 0.3) is 12.2 Å². The summed E-state index contributed by atoms with van der Waals surface area (Å²) < 4.78 is 6.14. The van der Waals surface area contributed by atoms with Gasteiger partial charge in [0.05, 0.1) is 11.1 Å². The molecule has 144 valence electrons. The van der Waals surface area contributed by atoms with Gasteiger partial charge in [-0.1, -0.05) is 48.1 Å². The maximum atomic E-state index is 12.5. The molecule has 0 fully saturated rings. The van der Waals surface area contributed by atoms with Crippen LogP contribution in [0.15, 0.2) is 66.3 Å². The van der Waals surface area contributed by atoms with Crippen molar-refractivity contribution in [2.75, 3.05) is 0 Å². The quantitative estimate of drug-likeness (QED) is 0.372. The van der Waals surface area contributed by atoms with Crippen LogP contribution in [0.1, 0.15) is 55.1 Å². The number of ether oxygens (including phenoxy) is 1. The Morgan fingerprint density at radius 3 is 2.61 bits per heavy atom. The fourth-order valence-corrected chi connectivity index (χ4v) is 3.19. The zero-order chi connectivity index (χ0) is 20.1. The molecule has 0 bridgehead atoms. The maximum Gasteiger partial charge on any atom is 0.189 e. The molecule has 0 aliphatic carbocycles. The Kier molecular flexibility index (Phi) is 5.84. The van der Waals surface area contributed by atoms with E-state index < -0.39 is 5.60 Å². The van der Waals surface area contributed by atoms with Gasteiger partial charge in [0.1, 0.15) is 17.1 Å². The van der Waals surface area contributed by atoms with Crippen LogP contribution in [0.4, 0.5) is 0 Å². The number of fused-ring (bicyclic) bond motifs is 1. The third kappa shape index (κ3) is 4.61. The lowest BCUT2D eigenvalue weighted by atomic mass is 9.93. The van der Waals surface area contributed by atoms with Crippen molar-refractivity contribution in [3.63, 3.8) is 0 Å². The molecule has 0 radical (unpaired) electrons. The van der Waals surface area contributed by atoms with Gasteiger partial charge in [0.2, 0.25) is 0 Å². The molecule has 1 aliphatic rings. The first-order chi connectivity index (χ1) is 13.4. The Morgan fingerprint density at radius 1 is 1.14 bits per heavy atom. The largest absolute Gasteiger partial charge is 0.506 e. The summed E-state index contributed by atoms with van der Waals surface area (Å²) >= 11 is 0. The van der Waals surface area contributed by atoms with Crippen LogP contribution in [0, 0.1) is 0 Å². The summed E-state index contributed by atoms with van der Waals surface area (Å²) in [5, 5.41) is 10.6. The third-order valence-corrected chi connectivity index (χ3v) is 4.81. The highest BCUT2D eigenvalue weighted by Gasteiger charge is 2.29. The standard InChI is InChI=1S/C25H26O3/c1-18(2)8-7-16-25(3)17-15-21-23(28-25)14-12-20(24(21)27)22(26)13-11-19-9-5-4-6-10-19/h4-6,8-15,17,27H,7,16H2,1-3H3/b13-11+/t25-/m0/s1. The molecule has 0 amide bonds. The van der Waals surface area contributed by atoms with E-state index in [-0.39, 0.29) is 17.1 Å². The van der Waals surface area contributed by atoms with Crippen LogP contribution in [-0.4, -0.2) is 16.5 Å². The fourth-order valence-electron chi connectivity index (χ4n) is 3.19. The van der Waals surface area contributed by atoms with Crippen molar-refractivity contribution in [3.8, 4) is 11.5 Å². The minimum atomic E-state index is -0.426. The van der Waals surface area contributed by atoms with E-state index in [9.17, 15) is 9.90 Å². The number of hydrogen-bond acceptors (Lipinski definition) is 3. The second-order valence-electron chi connectivity index (χ2n) is 7.55. The molecule has 3 nitrogen and oxygen atoms in total. The van der Waals surface area contributed by atoms with Crippen LogP contribution < -0.4 is 4.74 Å². The van der Waals surface area contributed by atoms with E-state index in [2.05, 4.69) is 19.9 Å². The number of phenols is 1. The second kappa shape index (κ2) is 8.30. The number of phenolic OH excluding ortho intramolecular Hbond substituents is 1. The van der Waals surface area contributed by atoms with Crippen molar-refractivity contribution < 1.29 is 14.6 Å². The van der Waals surface area contributed by atoms with E-state index >= 15 is 0 Å². The maximum absolute atomic E-state index is 12.5. The van der Waals surface area contributed by atoms with Gasteiger partial charge in [-0.3, -0.25) is 4.79 Å². The van der Waals surface area contributed by atoms with Gasteiger partial charge >= 0.3 is 0 Å². The number of carbonyl (C=O) groups excluding carboxylic acids is 1. The number of allylic oxidation sites excluding steroid dienone is 3. The monoisotopic (exact) mass is 374 g/mol. The van der Waals surface area contributed by atoms with Gasteiger partial charge in [0.25, 0.3) is 0 Å². The van der Waals surface area contributed by atoms with E-state index in [1.165, 1.54) is 11.6 Å². The zero-order valence-electron chi connectivity index (χ0n) is 16.6. The summed E-state index contributed by atoms with van der Waals surface area (Å²) in [5.74, 6) is 0.320. The highest BCUT2D eigenvalue weighted by molar-refractivity contribution is 6.09.